The van der Waals surface area contributed by atoms with Crippen LogP contribution in [0.5, 0.6) is 0 Å². The molecule has 1 aromatic heterocycles. The molecule has 2 aromatic rings. The van der Waals surface area contributed by atoms with Gasteiger partial charge in [-0.05, 0) is 37.5 Å². The molecule has 0 saturated heterocycles. The minimum Gasteiger partial charge on any atom is -0.292 e. The largest absolute Gasteiger partial charge is 0.292 e. The summed E-state index contributed by atoms with van der Waals surface area (Å²) in [7, 11) is 0. The van der Waals surface area contributed by atoms with Gasteiger partial charge in [0.2, 0.25) is 12.3 Å². The van der Waals surface area contributed by atoms with E-state index < -0.39 is 0 Å². The highest BCUT2D eigenvalue weighted by Gasteiger charge is 2.13. The summed E-state index contributed by atoms with van der Waals surface area (Å²) < 4.78 is 1.89. The summed E-state index contributed by atoms with van der Waals surface area (Å²) in [5, 5.41) is 0. The monoisotopic (exact) mass is 255 g/mol. The number of aromatic nitrogens is 2. The summed E-state index contributed by atoms with van der Waals surface area (Å²) >= 11 is 0. The quantitative estimate of drug-likeness (QED) is 0.784. The molecule has 0 fully saturated rings. The zero-order chi connectivity index (χ0) is 13.8. The number of rotatable bonds is 4. The normalized spacial score (nSPS) is 10.5. The van der Waals surface area contributed by atoms with E-state index in [1.54, 1.807) is 6.20 Å². The predicted molar refractivity (Wildman–Crippen MR) is 73.8 cm³/mol. The van der Waals surface area contributed by atoms with Gasteiger partial charge in [0.1, 0.15) is 5.69 Å². The molecule has 0 radical (unpaired) electrons. The minimum atomic E-state index is 0.216. The molecular formula is C16H19N2O+. The zero-order valence-corrected chi connectivity index (χ0v) is 11.7. The van der Waals surface area contributed by atoms with Crippen LogP contribution in [-0.2, 0) is 17.8 Å². The molecule has 1 heterocycles. The van der Waals surface area contributed by atoms with Crippen LogP contribution in [0.1, 0.15) is 22.4 Å². The molecule has 0 aliphatic heterocycles. The van der Waals surface area contributed by atoms with Crippen molar-refractivity contribution in [3.8, 4) is 0 Å². The topological polar surface area (TPSA) is 33.8 Å². The number of hydrogen-bond donors (Lipinski definition) is 0. The molecule has 1 aromatic carbocycles. The molecule has 0 unspecified atom stereocenters. The number of carbonyl (C=O) groups is 1. The Bertz CT molecular complexity index is 585. The van der Waals surface area contributed by atoms with E-state index in [1.165, 1.54) is 11.1 Å². The highest BCUT2D eigenvalue weighted by Crippen LogP contribution is 2.14. The minimum absolute atomic E-state index is 0.216. The van der Waals surface area contributed by atoms with Gasteiger partial charge in [-0.25, -0.2) is 4.98 Å². The number of aryl methyl sites for hydroxylation is 3. The average Bonchev–Trinajstić information content (AvgIpc) is 2.34. The molecule has 98 valence electrons. The fourth-order valence-electron chi connectivity index (χ4n) is 2.24. The summed E-state index contributed by atoms with van der Waals surface area (Å²) in [6.45, 7) is 6.43. The average molecular weight is 255 g/mol. The first-order chi connectivity index (χ1) is 9.06. The Kier molecular flexibility index (Phi) is 4.05. The summed E-state index contributed by atoms with van der Waals surface area (Å²) in [5.74, 6) is 0.216. The third-order valence-electron chi connectivity index (χ3n) is 3.27. The highest BCUT2D eigenvalue weighted by molar-refractivity contribution is 5.80. The van der Waals surface area contributed by atoms with Crippen LogP contribution >= 0.6 is 0 Å². The molecule has 0 amide bonds. The lowest BCUT2D eigenvalue weighted by atomic mass is 9.98. The molecule has 0 aliphatic carbocycles. The van der Waals surface area contributed by atoms with Crippen molar-refractivity contribution in [1.82, 2.24) is 4.98 Å². The van der Waals surface area contributed by atoms with Crippen LogP contribution < -0.4 is 4.57 Å². The molecule has 0 N–H and O–H groups in total. The second kappa shape index (κ2) is 5.74. The van der Waals surface area contributed by atoms with E-state index in [4.69, 9.17) is 0 Å². The standard InChI is InChI=1S/C16H19N2O/c1-12-5-4-6-13(2)16(12)9-15(19)11-18-8-7-17-14(3)10-18/h4-8,10H,9,11H2,1-3H3/q+1. The SMILES string of the molecule is Cc1c[n+](CC(=O)Cc2c(C)cccc2C)ccn1. The van der Waals surface area contributed by atoms with E-state index in [9.17, 15) is 4.79 Å². The third-order valence-corrected chi connectivity index (χ3v) is 3.27. The molecule has 0 bridgehead atoms. The zero-order valence-electron chi connectivity index (χ0n) is 11.7. The van der Waals surface area contributed by atoms with E-state index in [-0.39, 0.29) is 5.78 Å². The summed E-state index contributed by atoms with van der Waals surface area (Å²) in [6.07, 6.45) is 5.94. The maximum absolute atomic E-state index is 12.2. The molecule has 2 rings (SSSR count). The van der Waals surface area contributed by atoms with Gasteiger partial charge in [-0.15, -0.1) is 0 Å². The second-order valence-electron chi connectivity index (χ2n) is 4.96. The Morgan fingerprint density at radius 3 is 2.53 bits per heavy atom. The Morgan fingerprint density at radius 1 is 1.21 bits per heavy atom. The molecule has 0 aliphatic rings. The number of nitrogens with zero attached hydrogens (tertiary/aromatic N) is 2. The van der Waals surface area contributed by atoms with E-state index in [2.05, 4.69) is 31.0 Å². The summed E-state index contributed by atoms with van der Waals surface area (Å²) in [5.41, 5.74) is 4.44. The van der Waals surface area contributed by atoms with Gasteiger partial charge >= 0.3 is 0 Å². The third kappa shape index (κ3) is 3.47. The predicted octanol–water partition coefficient (Wildman–Crippen LogP) is 2.11. The first kappa shape index (κ1) is 13.4. The van der Waals surface area contributed by atoms with Gasteiger partial charge < -0.3 is 0 Å². The molecule has 0 spiro atoms. The number of hydrogen-bond acceptors (Lipinski definition) is 2. The van der Waals surface area contributed by atoms with Crippen molar-refractivity contribution < 1.29 is 9.36 Å². The van der Waals surface area contributed by atoms with Gasteiger partial charge in [0.05, 0.1) is 6.20 Å². The van der Waals surface area contributed by atoms with Crippen LogP contribution in [0.25, 0.3) is 0 Å². The van der Waals surface area contributed by atoms with Crippen LogP contribution in [0.15, 0.2) is 36.8 Å². The summed E-state index contributed by atoms with van der Waals surface area (Å²) in [4.78, 5) is 16.3. The van der Waals surface area contributed by atoms with Gasteiger partial charge in [-0.1, -0.05) is 18.2 Å². The lowest BCUT2D eigenvalue weighted by molar-refractivity contribution is -0.685. The molecule has 3 nitrogen and oxygen atoms in total. The summed E-state index contributed by atoms with van der Waals surface area (Å²) in [6, 6.07) is 6.14. The van der Waals surface area contributed by atoms with Crippen LogP contribution in [0.3, 0.4) is 0 Å². The van der Waals surface area contributed by atoms with Crippen LogP contribution in [0, 0.1) is 20.8 Å². The van der Waals surface area contributed by atoms with E-state index in [1.807, 2.05) is 30.0 Å². The smallest absolute Gasteiger partial charge is 0.206 e. The van der Waals surface area contributed by atoms with E-state index in [0.717, 1.165) is 11.3 Å². The number of ketones is 1. The van der Waals surface area contributed by atoms with Crippen molar-refractivity contribution in [3.05, 3.63) is 59.2 Å². The number of benzene rings is 1. The van der Waals surface area contributed by atoms with Gasteiger partial charge in [0, 0.05) is 6.42 Å². The molecule has 0 atom stereocenters. The van der Waals surface area contributed by atoms with Gasteiger partial charge in [0.25, 0.3) is 0 Å². The molecular weight excluding hydrogens is 236 g/mol. The van der Waals surface area contributed by atoms with Crippen LogP contribution in [0.4, 0.5) is 0 Å². The Balaban J connectivity index is 2.10. The van der Waals surface area contributed by atoms with Crippen LogP contribution in [-0.4, -0.2) is 10.8 Å². The Labute approximate surface area is 113 Å². The Hall–Kier alpha value is -2.03. The maximum atomic E-state index is 12.2. The van der Waals surface area contributed by atoms with Gasteiger partial charge in [0.15, 0.2) is 12.4 Å². The molecule has 0 saturated carbocycles. The number of Topliss-reactive ketones (excluding diaryl/α,β-unsaturated/α-hetero) is 1. The van der Waals surface area contributed by atoms with E-state index in [0.29, 0.717) is 13.0 Å². The lowest BCUT2D eigenvalue weighted by Crippen LogP contribution is -2.38. The van der Waals surface area contributed by atoms with E-state index >= 15 is 0 Å². The van der Waals surface area contributed by atoms with Crippen molar-refractivity contribution in [1.29, 1.82) is 0 Å². The van der Waals surface area contributed by atoms with Gasteiger partial charge in [-0.2, -0.15) is 4.57 Å². The maximum Gasteiger partial charge on any atom is 0.206 e. The number of carbonyl (C=O) groups excluding carboxylic acids is 1. The van der Waals surface area contributed by atoms with Crippen LogP contribution in [0.2, 0.25) is 0 Å². The van der Waals surface area contributed by atoms with Crippen molar-refractivity contribution in [3.63, 3.8) is 0 Å². The van der Waals surface area contributed by atoms with Crippen molar-refractivity contribution in [2.45, 2.75) is 33.7 Å². The van der Waals surface area contributed by atoms with Crippen molar-refractivity contribution >= 4 is 5.78 Å². The van der Waals surface area contributed by atoms with Gasteiger partial charge in [-0.3, -0.25) is 4.79 Å². The Morgan fingerprint density at radius 2 is 1.89 bits per heavy atom. The molecule has 3 heteroatoms. The molecule has 19 heavy (non-hydrogen) atoms. The first-order valence-corrected chi connectivity index (χ1v) is 6.45. The second-order valence-corrected chi connectivity index (χ2v) is 4.96. The highest BCUT2D eigenvalue weighted by atomic mass is 16.1. The lowest BCUT2D eigenvalue weighted by Gasteiger charge is -2.07. The van der Waals surface area contributed by atoms with Crippen molar-refractivity contribution in [2.75, 3.05) is 0 Å². The van der Waals surface area contributed by atoms with Crippen molar-refractivity contribution in [2.24, 2.45) is 0 Å². The fraction of sp³-hybridized carbons (Fsp3) is 0.312. The first-order valence-electron chi connectivity index (χ1n) is 6.45. The fourth-order valence-corrected chi connectivity index (χ4v) is 2.24.